The summed E-state index contributed by atoms with van der Waals surface area (Å²) in [4.78, 5) is 16.8. The topological polar surface area (TPSA) is 72.5 Å². The first-order valence-corrected chi connectivity index (χ1v) is 9.29. The molecule has 0 aliphatic carbocycles. The maximum absolute atomic E-state index is 12.6. The van der Waals surface area contributed by atoms with E-state index >= 15 is 0 Å². The van der Waals surface area contributed by atoms with Gasteiger partial charge in [-0.15, -0.1) is 0 Å². The predicted molar refractivity (Wildman–Crippen MR) is 115 cm³/mol. The number of anilines is 2. The van der Waals surface area contributed by atoms with Gasteiger partial charge in [-0.25, -0.2) is 0 Å². The lowest BCUT2D eigenvalue weighted by Gasteiger charge is -2.12. The van der Waals surface area contributed by atoms with Gasteiger partial charge >= 0.3 is 0 Å². The van der Waals surface area contributed by atoms with Crippen LogP contribution in [0.3, 0.4) is 0 Å². The molecule has 2 N–H and O–H groups in total. The Labute approximate surface area is 170 Å². The molecule has 2 aromatic carbocycles. The van der Waals surface area contributed by atoms with Crippen molar-refractivity contribution in [2.75, 3.05) is 24.9 Å². The van der Waals surface area contributed by atoms with Gasteiger partial charge in [-0.2, -0.15) is 0 Å². The first-order chi connectivity index (χ1) is 14.0. The molecule has 1 heterocycles. The van der Waals surface area contributed by atoms with Crippen LogP contribution in [-0.2, 0) is 6.54 Å². The second kappa shape index (κ2) is 9.10. The molecule has 29 heavy (non-hydrogen) atoms. The third-order valence-corrected chi connectivity index (χ3v) is 4.57. The Hall–Kier alpha value is -3.54. The lowest BCUT2D eigenvalue weighted by molar-refractivity contribution is 0.102. The summed E-state index contributed by atoms with van der Waals surface area (Å²) >= 11 is 0. The molecule has 0 unspecified atom stereocenters. The van der Waals surface area contributed by atoms with Crippen LogP contribution in [0.5, 0.6) is 11.5 Å². The molecule has 0 spiro atoms. The van der Waals surface area contributed by atoms with E-state index in [0.29, 0.717) is 23.7 Å². The van der Waals surface area contributed by atoms with Crippen molar-refractivity contribution >= 4 is 17.3 Å². The van der Waals surface area contributed by atoms with Crippen LogP contribution in [0.1, 0.15) is 27.2 Å². The quantitative estimate of drug-likeness (QED) is 0.617. The van der Waals surface area contributed by atoms with Gasteiger partial charge in [0.1, 0.15) is 5.69 Å². The highest BCUT2D eigenvalue weighted by Crippen LogP contribution is 2.28. The number of nitrogens with zero attached hydrogens (tertiary/aromatic N) is 1. The number of hydrogen-bond donors (Lipinski definition) is 2. The molecular formula is C23H25N3O3. The minimum atomic E-state index is -0.244. The minimum absolute atomic E-state index is 0.244. The van der Waals surface area contributed by atoms with E-state index in [1.54, 1.807) is 26.5 Å². The highest BCUT2D eigenvalue weighted by atomic mass is 16.5. The summed E-state index contributed by atoms with van der Waals surface area (Å²) in [5.41, 5.74) is 5.13. The summed E-state index contributed by atoms with van der Waals surface area (Å²) in [6.45, 7) is 4.56. The number of methoxy groups -OCH3 is 2. The molecule has 0 aliphatic rings. The van der Waals surface area contributed by atoms with Gasteiger partial charge in [0.25, 0.3) is 5.91 Å². The van der Waals surface area contributed by atoms with Crippen LogP contribution in [0.25, 0.3) is 0 Å². The Bertz CT molecular complexity index is 1020. The van der Waals surface area contributed by atoms with Gasteiger partial charge in [0.05, 0.1) is 14.2 Å². The van der Waals surface area contributed by atoms with Crippen molar-refractivity contribution in [3.63, 3.8) is 0 Å². The maximum Gasteiger partial charge on any atom is 0.274 e. The molecule has 0 aliphatic heterocycles. The van der Waals surface area contributed by atoms with E-state index in [0.717, 1.165) is 28.1 Å². The number of benzene rings is 2. The van der Waals surface area contributed by atoms with Crippen LogP contribution in [0, 0.1) is 13.8 Å². The van der Waals surface area contributed by atoms with Gasteiger partial charge in [0, 0.05) is 24.1 Å². The Kier molecular flexibility index (Phi) is 6.34. The van der Waals surface area contributed by atoms with Crippen LogP contribution in [0.15, 0.2) is 54.7 Å². The van der Waals surface area contributed by atoms with E-state index in [4.69, 9.17) is 9.47 Å². The number of nitrogens with one attached hydrogen (secondary N) is 2. The lowest BCUT2D eigenvalue weighted by Crippen LogP contribution is -2.15. The zero-order valence-corrected chi connectivity index (χ0v) is 17.1. The number of aromatic nitrogens is 1. The zero-order valence-electron chi connectivity index (χ0n) is 17.1. The average Bonchev–Trinajstić information content (AvgIpc) is 2.74. The molecule has 3 aromatic rings. The third-order valence-electron chi connectivity index (χ3n) is 4.57. The number of carbonyl (C=O) groups excluding carboxylic acids is 1. The number of amides is 1. The lowest BCUT2D eigenvalue weighted by atomic mass is 10.1. The molecule has 1 aromatic heterocycles. The molecule has 1 amide bonds. The third kappa shape index (κ3) is 5.04. The number of pyridine rings is 1. The molecule has 0 fully saturated rings. The first-order valence-electron chi connectivity index (χ1n) is 9.29. The Morgan fingerprint density at radius 1 is 0.966 bits per heavy atom. The van der Waals surface area contributed by atoms with E-state index in [1.165, 1.54) is 0 Å². The molecule has 3 rings (SSSR count). The highest BCUT2D eigenvalue weighted by molar-refractivity contribution is 6.03. The minimum Gasteiger partial charge on any atom is -0.493 e. The normalized spacial score (nSPS) is 10.3. The molecule has 0 atom stereocenters. The molecule has 0 bridgehead atoms. The van der Waals surface area contributed by atoms with Gasteiger partial charge in [-0.05, 0) is 55.3 Å². The van der Waals surface area contributed by atoms with E-state index < -0.39 is 0 Å². The van der Waals surface area contributed by atoms with Crippen LogP contribution < -0.4 is 20.1 Å². The van der Waals surface area contributed by atoms with Crippen molar-refractivity contribution in [3.8, 4) is 11.5 Å². The molecular weight excluding hydrogens is 366 g/mol. The van der Waals surface area contributed by atoms with Crippen LogP contribution in [0.4, 0.5) is 11.4 Å². The van der Waals surface area contributed by atoms with Gasteiger partial charge < -0.3 is 20.1 Å². The van der Waals surface area contributed by atoms with Crippen molar-refractivity contribution in [1.29, 1.82) is 0 Å². The standard InChI is InChI=1S/C23H25N3O3/c1-15-5-7-19(16(2)11-15)26-23(27)20-13-18(9-10-24-20)25-14-17-6-8-21(28-3)22(12-17)29-4/h5-13H,14H2,1-4H3,(H,24,25)(H,26,27). The number of carbonyl (C=O) groups is 1. The predicted octanol–water partition coefficient (Wildman–Crippen LogP) is 4.58. The summed E-state index contributed by atoms with van der Waals surface area (Å²) in [6.07, 6.45) is 1.62. The largest absolute Gasteiger partial charge is 0.493 e. The maximum atomic E-state index is 12.6. The Morgan fingerprint density at radius 3 is 2.48 bits per heavy atom. The molecule has 0 radical (unpaired) electrons. The second-order valence-corrected chi connectivity index (χ2v) is 6.75. The van der Waals surface area contributed by atoms with Crippen LogP contribution in [-0.4, -0.2) is 25.1 Å². The van der Waals surface area contributed by atoms with E-state index in [1.807, 2.05) is 56.3 Å². The van der Waals surface area contributed by atoms with E-state index in [-0.39, 0.29) is 5.91 Å². The highest BCUT2D eigenvalue weighted by Gasteiger charge is 2.10. The number of rotatable bonds is 7. The zero-order chi connectivity index (χ0) is 20.8. The Morgan fingerprint density at radius 2 is 1.76 bits per heavy atom. The molecule has 0 saturated heterocycles. The van der Waals surface area contributed by atoms with Crippen LogP contribution >= 0.6 is 0 Å². The fourth-order valence-corrected chi connectivity index (χ4v) is 3.00. The number of hydrogen-bond acceptors (Lipinski definition) is 5. The van der Waals surface area contributed by atoms with Crippen molar-refractivity contribution < 1.29 is 14.3 Å². The SMILES string of the molecule is COc1ccc(CNc2ccnc(C(=O)Nc3ccc(C)cc3C)c2)cc1OC. The summed E-state index contributed by atoms with van der Waals surface area (Å²) in [6, 6.07) is 15.2. The van der Waals surface area contributed by atoms with Gasteiger partial charge in [-0.3, -0.25) is 9.78 Å². The summed E-state index contributed by atoms with van der Waals surface area (Å²) in [5, 5.41) is 6.23. The monoisotopic (exact) mass is 391 g/mol. The molecule has 150 valence electrons. The smallest absolute Gasteiger partial charge is 0.274 e. The average molecular weight is 391 g/mol. The van der Waals surface area contributed by atoms with E-state index in [9.17, 15) is 4.79 Å². The number of ether oxygens (including phenoxy) is 2. The van der Waals surface area contributed by atoms with Gasteiger partial charge in [-0.1, -0.05) is 23.8 Å². The fourth-order valence-electron chi connectivity index (χ4n) is 3.00. The van der Waals surface area contributed by atoms with Crippen molar-refractivity contribution in [1.82, 2.24) is 4.98 Å². The fraction of sp³-hybridized carbons (Fsp3) is 0.217. The van der Waals surface area contributed by atoms with Crippen molar-refractivity contribution in [2.24, 2.45) is 0 Å². The first kappa shape index (κ1) is 20.2. The Balaban J connectivity index is 1.68. The van der Waals surface area contributed by atoms with Crippen molar-refractivity contribution in [2.45, 2.75) is 20.4 Å². The molecule has 6 nitrogen and oxygen atoms in total. The van der Waals surface area contributed by atoms with Crippen LogP contribution in [0.2, 0.25) is 0 Å². The summed E-state index contributed by atoms with van der Waals surface area (Å²) in [5.74, 6) is 1.12. The second-order valence-electron chi connectivity index (χ2n) is 6.75. The number of aryl methyl sites for hydroxylation is 2. The van der Waals surface area contributed by atoms with Gasteiger partial charge in [0.15, 0.2) is 11.5 Å². The summed E-state index contributed by atoms with van der Waals surface area (Å²) in [7, 11) is 3.22. The molecule has 6 heteroatoms. The molecule has 0 saturated carbocycles. The summed E-state index contributed by atoms with van der Waals surface area (Å²) < 4.78 is 10.6. The van der Waals surface area contributed by atoms with Crippen molar-refractivity contribution in [3.05, 3.63) is 77.1 Å². The van der Waals surface area contributed by atoms with E-state index in [2.05, 4.69) is 15.6 Å². The van der Waals surface area contributed by atoms with Gasteiger partial charge in [0.2, 0.25) is 0 Å².